The van der Waals surface area contributed by atoms with E-state index < -0.39 is 0 Å². The summed E-state index contributed by atoms with van der Waals surface area (Å²) in [6, 6.07) is 1.91. The molecule has 0 unspecified atom stereocenters. The van der Waals surface area contributed by atoms with Gasteiger partial charge in [-0.15, -0.1) is 0 Å². The highest BCUT2D eigenvalue weighted by atomic mass is 16.2. The van der Waals surface area contributed by atoms with Crippen molar-refractivity contribution in [2.75, 3.05) is 36.4 Å². The van der Waals surface area contributed by atoms with Gasteiger partial charge >= 0.3 is 0 Å². The minimum Gasteiger partial charge on any atom is -0.353 e. The summed E-state index contributed by atoms with van der Waals surface area (Å²) in [4.78, 5) is 24.2. The maximum atomic E-state index is 11.3. The Balaban J connectivity index is 2.03. The molecule has 1 amide bonds. The molecule has 0 atom stereocenters. The van der Waals surface area contributed by atoms with Crippen LogP contribution < -0.4 is 10.2 Å². The molecule has 1 aliphatic heterocycles. The van der Waals surface area contributed by atoms with Crippen molar-refractivity contribution in [3.05, 3.63) is 12.3 Å². The Labute approximate surface area is 120 Å². The molecule has 1 aromatic heterocycles. The number of hydrogen-bond acceptors (Lipinski definition) is 5. The molecule has 1 N–H and O–H groups in total. The van der Waals surface area contributed by atoms with E-state index in [1.165, 1.54) is 0 Å². The van der Waals surface area contributed by atoms with Gasteiger partial charge in [0.1, 0.15) is 5.82 Å². The van der Waals surface area contributed by atoms with Gasteiger partial charge in [-0.3, -0.25) is 4.79 Å². The van der Waals surface area contributed by atoms with Crippen molar-refractivity contribution in [3.63, 3.8) is 0 Å². The monoisotopic (exact) mass is 277 g/mol. The molecule has 2 rings (SSSR count). The van der Waals surface area contributed by atoms with Crippen molar-refractivity contribution in [2.24, 2.45) is 0 Å². The fourth-order valence-corrected chi connectivity index (χ4v) is 2.17. The van der Waals surface area contributed by atoms with Crippen molar-refractivity contribution in [1.29, 1.82) is 0 Å². The molecular formula is C14H23N5O. The van der Waals surface area contributed by atoms with Crippen LogP contribution in [0.1, 0.15) is 27.7 Å². The van der Waals surface area contributed by atoms with Gasteiger partial charge in [-0.2, -0.15) is 4.98 Å². The van der Waals surface area contributed by atoms with E-state index in [4.69, 9.17) is 0 Å². The first-order valence-corrected chi connectivity index (χ1v) is 6.97. The fraction of sp³-hybridized carbons (Fsp3) is 0.643. The van der Waals surface area contributed by atoms with Gasteiger partial charge in [-0.05, 0) is 26.8 Å². The lowest BCUT2D eigenvalue weighted by Crippen LogP contribution is -2.48. The van der Waals surface area contributed by atoms with Crippen LogP contribution in [0.15, 0.2) is 12.3 Å². The Morgan fingerprint density at radius 1 is 1.25 bits per heavy atom. The zero-order chi connectivity index (χ0) is 14.8. The minimum atomic E-state index is -0.0635. The SMILES string of the molecule is CC(=O)N1CCN(c2ccnc(NC(C)(C)C)n2)CC1. The number of anilines is 2. The maximum absolute atomic E-state index is 11.3. The maximum Gasteiger partial charge on any atom is 0.225 e. The van der Waals surface area contributed by atoms with Crippen LogP contribution in [0.4, 0.5) is 11.8 Å². The van der Waals surface area contributed by atoms with Crippen LogP contribution in [-0.2, 0) is 4.79 Å². The van der Waals surface area contributed by atoms with E-state index in [1.54, 1.807) is 13.1 Å². The molecule has 0 aromatic carbocycles. The van der Waals surface area contributed by atoms with E-state index in [0.717, 1.165) is 32.0 Å². The zero-order valence-corrected chi connectivity index (χ0v) is 12.7. The molecule has 0 aliphatic carbocycles. The van der Waals surface area contributed by atoms with Crippen LogP contribution in [0, 0.1) is 0 Å². The minimum absolute atomic E-state index is 0.0635. The predicted molar refractivity (Wildman–Crippen MR) is 79.9 cm³/mol. The zero-order valence-electron chi connectivity index (χ0n) is 12.7. The highest BCUT2D eigenvalue weighted by Crippen LogP contribution is 2.16. The lowest BCUT2D eigenvalue weighted by Gasteiger charge is -2.35. The van der Waals surface area contributed by atoms with Gasteiger partial charge in [-0.1, -0.05) is 0 Å². The molecule has 0 spiro atoms. The molecule has 20 heavy (non-hydrogen) atoms. The Kier molecular flexibility index (Phi) is 4.11. The molecule has 6 heteroatoms. The van der Waals surface area contributed by atoms with E-state index in [9.17, 15) is 4.79 Å². The molecule has 6 nitrogen and oxygen atoms in total. The van der Waals surface area contributed by atoms with E-state index in [1.807, 2.05) is 11.0 Å². The second-order valence-electron chi connectivity index (χ2n) is 6.11. The van der Waals surface area contributed by atoms with Crippen LogP contribution in [-0.4, -0.2) is 52.5 Å². The number of aromatic nitrogens is 2. The van der Waals surface area contributed by atoms with E-state index in [2.05, 4.69) is 41.0 Å². The lowest BCUT2D eigenvalue weighted by molar-refractivity contribution is -0.129. The van der Waals surface area contributed by atoms with Crippen molar-refractivity contribution in [2.45, 2.75) is 33.2 Å². The number of rotatable bonds is 2. The van der Waals surface area contributed by atoms with E-state index in [-0.39, 0.29) is 11.4 Å². The second-order valence-corrected chi connectivity index (χ2v) is 6.11. The first kappa shape index (κ1) is 14.6. The molecule has 110 valence electrons. The normalized spacial score (nSPS) is 16.2. The Hall–Kier alpha value is -1.85. The number of piperazine rings is 1. The first-order valence-electron chi connectivity index (χ1n) is 6.97. The summed E-state index contributed by atoms with van der Waals surface area (Å²) in [7, 11) is 0. The molecule has 1 aromatic rings. The number of carbonyl (C=O) groups is 1. The van der Waals surface area contributed by atoms with Crippen LogP contribution in [0.5, 0.6) is 0 Å². The number of hydrogen-bond donors (Lipinski definition) is 1. The highest BCUT2D eigenvalue weighted by Gasteiger charge is 2.20. The van der Waals surface area contributed by atoms with E-state index >= 15 is 0 Å². The Bertz CT molecular complexity index is 475. The van der Waals surface area contributed by atoms with Gasteiger partial charge in [0, 0.05) is 44.8 Å². The molecular weight excluding hydrogens is 254 g/mol. The van der Waals surface area contributed by atoms with Crippen molar-refractivity contribution >= 4 is 17.7 Å². The summed E-state index contributed by atoms with van der Waals surface area (Å²) < 4.78 is 0. The third-order valence-corrected chi connectivity index (χ3v) is 3.18. The average molecular weight is 277 g/mol. The van der Waals surface area contributed by atoms with Crippen LogP contribution in [0.25, 0.3) is 0 Å². The summed E-state index contributed by atoms with van der Waals surface area (Å²) in [5.41, 5.74) is -0.0635. The van der Waals surface area contributed by atoms with Gasteiger partial charge in [0.25, 0.3) is 0 Å². The molecule has 1 saturated heterocycles. The summed E-state index contributed by atoms with van der Waals surface area (Å²) >= 11 is 0. The molecule has 2 heterocycles. The summed E-state index contributed by atoms with van der Waals surface area (Å²) in [5, 5.41) is 3.27. The summed E-state index contributed by atoms with van der Waals surface area (Å²) in [6.07, 6.45) is 1.77. The largest absolute Gasteiger partial charge is 0.353 e. The molecule has 0 radical (unpaired) electrons. The third-order valence-electron chi connectivity index (χ3n) is 3.18. The number of amides is 1. The summed E-state index contributed by atoms with van der Waals surface area (Å²) in [6.45, 7) is 11.0. The lowest BCUT2D eigenvalue weighted by atomic mass is 10.1. The molecule has 1 fully saturated rings. The topological polar surface area (TPSA) is 61.4 Å². The van der Waals surface area contributed by atoms with Crippen molar-refractivity contribution in [1.82, 2.24) is 14.9 Å². The standard InChI is InChI=1S/C14H23N5O/c1-11(20)18-7-9-19(10-8-18)12-5-6-15-13(16-12)17-14(2,3)4/h5-6H,7-10H2,1-4H3,(H,15,16,17). The highest BCUT2D eigenvalue weighted by molar-refractivity contribution is 5.73. The van der Waals surface area contributed by atoms with Crippen molar-refractivity contribution in [3.8, 4) is 0 Å². The van der Waals surface area contributed by atoms with Gasteiger partial charge < -0.3 is 15.1 Å². The fourth-order valence-electron chi connectivity index (χ4n) is 2.17. The van der Waals surface area contributed by atoms with E-state index in [0.29, 0.717) is 5.95 Å². The number of carbonyl (C=O) groups excluding carboxylic acids is 1. The molecule has 0 saturated carbocycles. The van der Waals surface area contributed by atoms with Gasteiger partial charge in [0.2, 0.25) is 11.9 Å². The van der Waals surface area contributed by atoms with Gasteiger partial charge in [-0.25, -0.2) is 4.98 Å². The predicted octanol–water partition coefficient (Wildman–Crippen LogP) is 1.36. The average Bonchev–Trinajstić information content (AvgIpc) is 2.37. The third kappa shape index (κ3) is 3.82. The molecule has 1 aliphatic rings. The molecule has 0 bridgehead atoms. The van der Waals surface area contributed by atoms with Crippen LogP contribution in [0.2, 0.25) is 0 Å². The number of nitrogens with one attached hydrogen (secondary N) is 1. The van der Waals surface area contributed by atoms with Crippen LogP contribution in [0.3, 0.4) is 0 Å². The Morgan fingerprint density at radius 2 is 1.90 bits per heavy atom. The second kappa shape index (κ2) is 5.64. The van der Waals surface area contributed by atoms with Crippen LogP contribution >= 0.6 is 0 Å². The first-order chi connectivity index (χ1) is 9.35. The smallest absolute Gasteiger partial charge is 0.225 e. The van der Waals surface area contributed by atoms with Gasteiger partial charge in [0.15, 0.2) is 0 Å². The number of nitrogens with zero attached hydrogens (tertiary/aromatic N) is 4. The van der Waals surface area contributed by atoms with Gasteiger partial charge in [0.05, 0.1) is 0 Å². The Morgan fingerprint density at radius 3 is 2.45 bits per heavy atom. The van der Waals surface area contributed by atoms with Crippen molar-refractivity contribution < 1.29 is 4.79 Å². The summed E-state index contributed by atoms with van der Waals surface area (Å²) in [5.74, 6) is 1.70. The quantitative estimate of drug-likeness (QED) is 0.884.